The van der Waals surface area contributed by atoms with E-state index in [9.17, 15) is 4.79 Å². The summed E-state index contributed by atoms with van der Waals surface area (Å²) < 4.78 is 0. The van der Waals surface area contributed by atoms with Gasteiger partial charge in [-0.3, -0.25) is 4.79 Å². The van der Waals surface area contributed by atoms with Crippen molar-refractivity contribution in [3.8, 4) is 0 Å². The van der Waals surface area contributed by atoms with Crippen molar-refractivity contribution in [2.45, 2.75) is 45.1 Å². The highest BCUT2D eigenvalue weighted by Crippen LogP contribution is 2.23. The van der Waals surface area contributed by atoms with E-state index in [1.54, 1.807) is 13.8 Å². The number of rotatable bonds is 3. The molecule has 1 aliphatic rings. The summed E-state index contributed by atoms with van der Waals surface area (Å²) in [5.41, 5.74) is 6.94. The van der Waals surface area contributed by atoms with Crippen molar-refractivity contribution in [2.24, 2.45) is 5.73 Å². The SMILES string of the molecule is CC(C)(N)C(=O)Nc1cccc(N2CCCCCC2)c1. The van der Waals surface area contributed by atoms with Gasteiger partial charge in [-0.2, -0.15) is 0 Å². The molecule has 1 aromatic carbocycles. The van der Waals surface area contributed by atoms with Crippen LogP contribution in [0.2, 0.25) is 0 Å². The first-order valence-electron chi connectivity index (χ1n) is 7.42. The predicted octanol–water partition coefficient (Wildman–Crippen LogP) is 2.74. The van der Waals surface area contributed by atoms with Crippen molar-refractivity contribution in [3.05, 3.63) is 24.3 Å². The minimum absolute atomic E-state index is 0.162. The van der Waals surface area contributed by atoms with Gasteiger partial charge in [0.15, 0.2) is 0 Å². The van der Waals surface area contributed by atoms with Crippen molar-refractivity contribution in [2.75, 3.05) is 23.3 Å². The van der Waals surface area contributed by atoms with Crippen LogP contribution in [0.25, 0.3) is 0 Å². The Hall–Kier alpha value is -1.55. The molecule has 0 bridgehead atoms. The summed E-state index contributed by atoms with van der Waals surface area (Å²) in [4.78, 5) is 14.3. The summed E-state index contributed by atoms with van der Waals surface area (Å²) in [6.07, 6.45) is 5.11. The molecule has 1 aliphatic heterocycles. The maximum atomic E-state index is 11.9. The van der Waals surface area contributed by atoms with Gasteiger partial charge in [0.05, 0.1) is 5.54 Å². The fourth-order valence-electron chi connectivity index (χ4n) is 2.40. The van der Waals surface area contributed by atoms with Crippen molar-refractivity contribution in [1.82, 2.24) is 0 Å². The molecule has 0 spiro atoms. The highest BCUT2D eigenvalue weighted by molar-refractivity contribution is 5.97. The van der Waals surface area contributed by atoms with Gasteiger partial charge >= 0.3 is 0 Å². The molecule has 2 rings (SSSR count). The summed E-state index contributed by atoms with van der Waals surface area (Å²) in [6.45, 7) is 5.61. The smallest absolute Gasteiger partial charge is 0.243 e. The second-order valence-corrected chi connectivity index (χ2v) is 6.13. The Morgan fingerprint density at radius 2 is 1.85 bits per heavy atom. The highest BCUT2D eigenvalue weighted by atomic mass is 16.2. The standard InChI is InChI=1S/C16H25N3O/c1-16(2,17)15(20)18-13-8-7-9-14(12-13)19-10-5-3-4-6-11-19/h7-9,12H,3-6,10-11,17H2,1-2H3,(H,18,20). The summed E-state index contributed by atoms with van der Waals surface area (Å²) in [6, 6.07) is 8.04. The molecular formula is C16H25N3O. The molecule has 0 atom stereocenters. The molecule has 4 nitrogen and oxygen atoms in total. The molecular weight excluding hydrogens is 250 g/mol. The molecule has 0 radical (unpaired) electrons. The third-order valence-electron chi connectivity index (χ3n) is 3.66. The second-order valence-electron chi connectivity index (χ2n) is 6.13. The normalized spacial score (nSPS) is 16.6. The molecule has 1 saturated heterocycles. The van der Waals surface area contributed by atoms with Crippen LogP contribution in [-0.2, 0) is 4.79 Å². The van der Waals surface area contributed by atoms with Crippen molar-refractivity contribution >= 4 is 17.3 Å². The monoisotopic (exact) mass is 275 g/mol. The molecule has 0 unspecified atom stereocenters. The molecule has 1 heterocycles. The van der Waals surface area contributed by atoms with Crippen molar-refractivity contribution in [1.29, 1.82) is 0 Å². The molecule has 4 heteroatoms. The third-order valence-corrected chi connectivity index (χ3v) is 3.66. The highest BCUT2D eigenvalue weighted by Gasteiger charge is 2.22. The first-order valence-corrected chi connectivity index (χ1v) is 7.42. The van der Waals surface area contributed by atoms with E-state index in [0.29, 0.717) is 0 Å². The first-order chi connectivity index (χ1) is 9.47. The van der Waals surface area contributed by atoms with Crippen molar-refractivity contribution < 1.29 is 4.79 Å². The van der Waals surface area contributed by atoms with Gasteiger partial charge in [0.1, 0.15) is 0 Å². The second kappa shape index (κ2) is 6.27. The number of nitrogens with two attached hydrogens (primary N) is 1. The first kappa shape index (κ1) is 14.9. The van der Waals surface area contributed by atoms with Gasteiger partial charge < -0.3 is 16.0 Å². The molecule has 0 aromatic heterocycles. The van der Waals surface area contributed by atoms with Crippen LogP contribution in [0, 0.1) is 0 Å². The van der Waals surface area contributed by atoms with Crippen LogP contribution in [0.5, 0.6) is 0 Å². The maximum Gasteiger partial charge on any atom is 0.243 e. The average Bonchev–Trinajstić information content (AvgIpc) is 2.66. The Labute approximate surface area is 121 Å². The van der Waals surface area contributed by atoms with E-state index in [4.69, 9.17) is 5.73 Å². The van der Waals surface area contributed by atoms with Crippen LogP contribution >= 0.6 is 0 Å². The van der Waals surface area contributed by atoms with E-state index >= 15 is 0 Å². The Morgan fingerprint density at radius 3 is 2.45 bits per heavy atom. The zero-order valence-electron chi connectivity index (χ0n) is 12.5. The van der Waals surface area contributed by atoms with E-state index in [0.717, 1.165) is 18.8 Å². The number of nitrogens with one attached hydrogen (secondary N) is 1. The van der Waals surface area contributed by atoms with Gasteiger partial charge in [0, 0.05) is 24.5 Å². The number of amides is 1. The van der Waals surface area contributed by atoms with Crippen LogP contribution in [-0.4, -0.2) is 24.5 Å². The van der Waals surface area contributed by atoms with E-state index < -0.39 is 5.54 Å². The molecule has 1 aromatic rings. The minimum Gasteiger partial charge on any atom is -0.371 e. The summed E-state index contributed by atoms with van der Waals surface area (Å²) >= 11 is 0. The van der Waals surface area contributed by atoms with Gasteiger partial charge in [-0.05, 0) is 44.9 Å². The number of hydrogen-bond donors (Lipinski definition) is 2. The van der Waals surface area contributed by atoms with Crippen LogP contribution in [0.3, 0.4) is 0 Å². The molecule has 110 valence electrons. The lowest BCUT2D eigenvalue weighted by Gasteiger charge is -2.24. The van der Waals surface area contributed by atoms with Gasteiger partial charge in [0.25, 0.3) is 0 Å². The van der Waals surface area contributed by atoms with Gasteiger partial charge in [-0.15, -0.1) is 0 Å². The molecule has 1 amide bonds. The molecule has 0 aliphatic carbocycles. The zero-order chi connectivity index (χ0) is 14.6. The molecule has 1 fully saturated rings. The summed E-state index contributed by atoms with van der Waals surface area (Å²) in [5, 5.41) is 2.89. The van der Waals surface area contributed by atoms with Gasteiger partial charge in [-0.25, -0.2) is 0 Å². The fraction of sp³-hybridized carbons (Fsp3) is 0.562. The Balaban J connectivity index is 2.09. The zero-order valence-corrected chi connectivity index (χ0v) is 12.5. The quantitative estimate of drug-likeness (QED) is 0.891. The van der Waals surface area contributed by atoms with Crippen LogP contribution in [0.15, 0.2) is 24.3 Å². The van der Waals surface area contributed by atoms with Crippen molar-refractivity contribution in [3.63, 3.8) is 0 Å². The number of hydrogen-bond acceptors (Lipinski definition) is 3. The number of carbonyl (C=O) groups excluding carboxylic acids is 1. The average molecular weight is 275 g/mol. The number of nitrogens with zero attached hydrogens (tertiary/aromatic N) is 1. The molecule has 3 N–H and O–H groups in total. The Kier molecular flexibility index (Phi) is 4.65. The van der Waals surface area contributed by atoms with E-state index in [1.807, 2.05) is 18.2 Å². The van der Waals surface area contributed by atoms with Crippen LogP contribution < -0.4 is 16.0 Å². The fourth-order valence-corrected chi connectivity index (χ4v) is 2.40. The Morgan fingerprint density at radius 1 is 1.20 bits per heavy atom. The van der Waals surface area contributed by atoms with E-state index in [1.165, 1.54) is 31.4 Å². The largest absolute Gasteiger partial charge is 0.371 e. The maximum absolute atomic E-state index is 11.9. The minimum atomic E-state index is -0.862. The lowest BCUT2D eigenvalue weighted by atomic mass is 10.1. The summed E-state index contributed by atoms with van der Waals surface area (Å²) in [5.74, 6) is -0.162. The predicted molar refractivity (Wildman–Crippen MR) is 84.0 cm³/mol. The number of carbonyl (C=O) groups is 1. The lowest BCUT2D eigenvalue weighted by molar-refractivity contribution is -0.120. The number of benzene rings is 1. The number of anilines is 2. The lowest BCUT2D eigenvalue weighted by Crippen LogP contribution is -2.45. The Bertz CT molecular complexity index is 457. The van der Waals surface area contributed by atoms with Gasteiger partial charge in [0.2, 0.25) is 5.91 Å². The van der Waals surface area contributed by atoms with E-state index in [-0.39, 0.29) is 5.91 Å². The topological polar surface area (TPSA) is 58.4 Å². The van der Waals surface area contributed by atoms with E-state index in [2.05, 4.69) is 16.3 Å². The summed E-state index contributed by atoms with van der Waals surface area (Å²) in [7, 11) is 0. The molecule has 0 saturated carbocycles. The van der Waals surface area contributed by atoms with Crippen LogP contribution in [0.4, 0.5) is 11.4 Å². The molecule has 20 heavy (non-hydrogen) atoms. The van der Waals surface area contributed by atoms with Crippen LogP contribution in [0.1, 0.15) is 39.5 Å². The van der Waals surface area contributed by atoms with Gasteiger partial charge in [-0.1, -0.05) is 18.9 Å². The third kappa shape index (κ3) is 3.97.